The molecule has 1 N–H and O–H groups in total. The van der Waals surface area contributed by atoms with Crippen LogP contribution in [-0.2, 0) is 17.6 Å². The van der Waals surface area contributed by atoms with E-state index >= 15 is 0 Å². The molecule has 2 saturated heterocycles. The Bertz CT molecular complexity index is 373. The third-order valence-electron chi connectivity index (χ3n) is 3.36. The van der Waals surface area contributed by atoms with Gasteiger partial charge in [-0.1, -0.05) is 5.16 Å². The van der Waals surface area contributed by atoms with Crippen molar-refractivity contribution in [2.45, 2.75) is 37.8 Å². The molecule has 0 aliphatic carbocycles. The molecule has 6 heteroatoms. The third kappa shape index (κ3) is 3.24. The predicted molar refractivity (Wildman–Crippen MR) is 69.8 cm³/mol. The number of hydrogen-bond donors (Lipinski definition) is 1. The molecule has 2 fully saturated rings. The van der Waals surface area contributed by atoms with Gasteiger partial charge in [0.1, 0.15) is 0 Å². The van der Waals surface area contributed by atoms with Gasteiger partial charge in [-0.05, 0) is 12.8 Å². The molecule has 3 heterocycles. The van der Waals surface area contributed by atoms with Gasteiger partial charge in [0, 0.05) is 43.5 Å². The summed E-state index contributed by atoms with van der Waals surface area (Å²) in [4.78, 5) is 4.46. The van der Waals surface area contributed by atoms with Gasteiger partial charge in [0.15, 0.2) is 5.82 Å². The molecule has 0 saturated carbocycles. The molecule has 1 aromatic heterocycles. The van der Waals surface area contributed by atoms with Gasteiger partial charge >= 0.3 is 0 Å². The standard InChI is InChI=1S/C12H19N3O2S/c1-2-10(16-4-1)7-11-14-12(17-15-11)6-9-8-18-5-3-13-9/h9-10,13H,1-8H2. The quantitative estimate of drug-likeness (QED) is 0.881. The van der Waals surface area contributed by atoms with Crippen molar-refractivity contribution in [3.05, 3.63) is 11.7 Å². The average Bonchev–Trinajstić information content (AvgIpc) is 3.03. The highest BCUT2D eigenvalue weighted by atomic mass is 32.2. The molecule has 5 nitrogen and oxygen atoms in total. The first-order valence-electron chi connectivity index (χ1n) is 6.64. The predicted octanol–water partition coefficient (Wildman–Crippen LogP) is 1.04. The summed E-state index contributed by atoms with van der Waals surface area (Å²) >= 11 is 1.98. The number of hydrogen-bond acceptors (Lipinski definition) is 6. The summed E-state index contributed by atoms with van der Waals surface area (Å²) in [7, 11) is 0. The lowest BCUT2D eigenvalue weighted by molar-refractivity contribution is 0.109. The van der Waals surface area contributed by atoms with Crippen LogP contribution >= 0.6 is 11.8 Å². The van der Waals surface area contributed by atoms with E-state index in [0.717, 1.165) is 56.3 Å². The Morgan fingerprint density at radius 3 is 3.17 bits per heavy atom. The van der Waals surface area contributed by atoms with Crippen LogP contribution in [0.3, 0.4) is 0 Å². The average molecular weight is 269 g/mol. The third-order valence-corrected chi connectivity index (χ3v) is 4.49. The molecular weight excluding hydrogens is 250 g/mol. The second kappa shape index (κ2) is 6.04. The minimum absolute atomic E-state index is 0.291. The van der Waals surface area contributed by atoms with Crippen molar-refractivity contribution in [2.75, 3.05) is 24.7 Å². The van der Waals surface area contributed by atoms with Crippen LogP contribution in [0.15, 0.2) is 4.52 Å². The zero-order valence-electron chi connectivity index (χ0n) is 10.4. The van der Waals surface area contributed by atoms with Crippen LogP contribution in [0.25, 0.3) is 0 Å². The highest BCUT2D eigenvalue weighted by molar-refractivity contribution is 7.99. The molecule has 2 aliphatic heterocycles. The fourth-order valence-electron chi connectivity index (χ4n) is 2.43. The largest absolute Gasteiger partial charge is 0.378 e. The van der Waals surface area contributed by atoms with Crippen LogP contribution in [-0.4, -0.2) is 46.9 Å². The minimum atomic E-state index is 0.291. The van der Waals surface area contributed by atoms with Crippen molar-refractivity contribution in [3.8, 4) is 0 Å². The zero-order chi connectivity index (χ0) is 12.2. The first-order valence-corrected chi connectivity index (χ1v) is 7.80. The van der Waals surface area contributed by atoms with E-state index in [1.165, 1.54) is 5.75 Å². The monoisotopic (exact) mass is 269 g/mol. The van der Waals surface area contributed by atoms with Crippen LogP contribution in [0, 0.1) is 0 Å². The van der Waals surface area contributed by atoms with Crippen molar-refractivity contribution >= 4 is 11.8 Å². The van der Waals surface area contributed by atoms with Crippen LogP contribution in [0.1, 0.15) is 24.6 Å². The summed E-state index contributed by atoms with van der Waals surface area (Å²) < 4.78 is 10.9. The fraction of sp³-hybridized carbons (Fsp3) is 0.833. The molecule has 2 unspecified atom stereocenters. The summed E-state index contributed by atoms with van der Waals surface area (Å²) in [5, 5.41) is 7.52. The maximum Gasteiger partial charge on any atom is 0.228 e. The Labute approximate surface area is 111 Å². The van der Waals surface area contributed by atoms with Crippen LogP contribution in [0.5, 0.6) is 0 Å². The summed E-state index contributed by atoms with van der Waals surface area (Å²) in [5.41, 5.74) is 0. The van der Waals surface area contributed by atoms with E-state index in [1.54, 1.807) is 0 Å². The number of aromatic nitrogens is 2. The van der Waals surface area contributed by atoms with Gasteiger partial charge in [-0.2, -0.15) is 16.7 Å². The van der Waals surface area contributed by atoms with Gasteiger partial charge in [0.25, 0.3) is 0 Å². The lowest BCUT2D eigenvalue weighted by Gasteiger charge is -2.21. The van der Waals surface area contributed by atoms with Crippen molar-refractivity contribution in [1.29, 1.82) is 0 Å². The van der Waals surface area contributed by atoms with Crippen molar-refractivity contribution in [2.24, 2.45) is 0 Å². The van der Waals surface area contributed by atoms with Gasteiger partial charge in [0.2, 0.25) is 5.89 Å². The van der Waals surface area contributed by atoms with E-state index in [2.05, 4.69) is 15.5 Å². The minimum Gasteiger partial charge on any atom is -0.378 e. The summed E-state index contributed by atoms with van der Waals surface area (Å²) in [6, 6.07) is 0.472. The van der Waals surface area contributed by atoms with Crippen molar-refractivity contribution < 1.29 is 9.26 Å². The van der Waals surface area contributed by atoms with E-state index in [1.807, 2.05) is 11.8 Å². The highest BCUT2D eigenvalue weighted by Crippen LogP contribution is 2.16. The molecule has 0 spiro atoms. The van der Waals surface area contributed by atoms with E-state index < -0.39 is 0 Å². The Kier molecular flexibility index (Phi) is 4.17. The number of nitrogens with zero attached hydrogens (tertiary/aromatic N) is 2. The molecule has 100 valence electrons. The van der Waals surface area contributed by atoms with Crippen molar-refractivity contribution in [1.82, 2.24) is 15.5 Å². The van der Waals surface area contributed by atoms with E-state index in [4.69, 9.17) is 9.26 Å². The molecule has 2 aliphatic rings. The van der Waals surface area contributed by atoms with Gasteiger partial charge in [-0.3, -0.25) is 0 Å². The molecule has 0 aromatic carbocycles. The van der Waals surface area contributed by atoms with Gasteiger partial charge in [-0.15, -0.1) is 0 Å². The van der Waals surface area contributed by atoms with Crippen LogP contribution in [0.2, 0.25) is 0 Å². The molecule has 18 heavy (non-hydrogen) atoms. The number of rotatable bonds is 4. The topological polar surface area (TPSA) is 60.2 Å². The maximum atomic E-state index is 5.58. The Balaban J connectivity index is 1.52. The second-order valence-electron chi connectivity index (χ2n) is 4.87. The molecule has 3 rings (SSSR count). The van der Waals surface area contributed by atoms with Gasteiger partial charge < -0.3 is 14.6 Å². The zero-order valence-corrected chi connectivity index (χ0v) is 11.2. The molecule has 2 atom stereocenters. The number of thioether (sulfide) groups is 1. The number of ether oxygens (including phenoxy) is 1. The molecule has 0 amide bonds. The van der Waals surface area contributed by atoms with E-state index in [0.29, 0.717) is 12.1 Å². The van der Waals surface area contributed by atoms with Crippen molar-refractivity contribution in [3.63, 3.8) is 0 Å². The van der Waals surface area contributed by atoms with Gasteiger partial charge in [-0.25, -0.2) is 0 Å². The maximum absolute atomic E-state index is 5.58. The van der Waals surface area contributed by atoms with Crippen LogP contribution in [0.4, 0.5) is 0 Å². The highest BCUT2D eigenvalue weighted by Gasteiger charge is 2.21. The van der Waals surface area contributed by atoms with Gasteiger partial charge in [0.05, 0.1) is 6.10 Å². The fourth-order valence-corrected chi connectivity index (χ4v) is 3.38. The smallest absolute Gasteiger partial charge is 0.228 e. The summed E-state index contributed by atoms with van der Waals surface area (Å²) in [6.45, 7) is 1.95. The Morgan fingerprint density at radius 1 is 1.39 bits per heavy atom. The first-order chi connectivity index (χ1) is 8.90. The molecule has 0 radical (unpaired) electrons. The second-order valence-corrected chi connectivity index (χ2v) is 6.02. The Hall–Kier alpha value is -0.590. The summed E-state index contributed by atoms with van der Waals surface area (Å²) in [5.74, 6) is 3.87. The lowest BCUT2D eigenvalue weighted by atomic mass is 10.2. The molecule has 0 bridgehead atoms. The Morgan fingerprint density at radius 2 is 2.39 bits per heavy atom. The molecule has 1 aromatic rings. The first kappa shape index (κ1) is 12.4. The lowest BCUT2D eigenvalue weighted by Crippen LogP contribution is -2.38. The summed E-state index contributed by atoms with van der Waals surface area (Å²) in [6.07, 6.45) is 4.18. The van der Waals surface area contributed by atoms with E-state index in [9.17, 15) is 0 Å². The number of nitrogens with one attached hydrogen (secondary N) is 1. The van der Waals surface area contributed by atoms with Crippen LogP contribution < -0.4 is 5.32 Å². The van der Waals surface area contributed by atoms with E-state index in [-0.39, 0.29) is 0 Å². The normalized spacial score (nSPS) is 28.7. The molecular formula is C12H19N3O2S. The SMILES string of the molecule is C1COC(Cc2noc(CC3CSCCN3)n2)C1.